The van der Waals surface area contributed by atoms with Gasteiger partial charge in [0.1, 0.15) is 18.2 Å². The maximum atomic E-state index is 13.2. The van der Waals surface area contributed by atoms with Crippen LogP contribution in [0, 0.1) is 11.7 Å². The highest BCUT2D eigenvalue weighted by Gasteiger charge is 2.16. The zero-order valence-electron chi connectivity index (χ0n) is 19.9. The molecule has 0 saturated carbocycles. The molecule has 0 atom stereocenters. The highest BCUT2D eigenvalue weighted by atomic mass is 19.1. The van der Waals surface area contributed by atoms with Crippen molar-refractivity contribution in [3.8, 4) is 28.8 Å². The van der Waals surface area contributed by atoms with Crippen molar-refractivity contribution < 1.29 is 18.7 Å². The van der Waals surface area contributed by atoms with Gasteiger partial charge < -0.3 is 14.8 Å². The number of amides is 1. The van der Waals surface area contributed by atoms with Crippen LogP contribution >= 0.6 is 0 Å². The van der Waals surface area contributed by atoms with Gasteiger partial charge in [-0.25, -0.2) is 9.07 Å². The lowest BCUT2D eigenvalue weighted by Crippen LogP contribution is -2.13. The summed E-state index contributed by atoms with van der Waals surface area (Å²) in [5, 5.41) is 7.46. The van der Waals surface area contributed by atoms with Gasteiger partial charge in [0.25, 0.3) is 0 Å². The SMILES string of the molecule is COc1ccc(-c2nc(OCc3ccc(F)cc3)nn2-c2ccc(NC(=O)CC(C)C)cc2)cc1. The van der Waals surface area contributed by atoms with Crippen molar-refractivity contribution in [2.24, 2.45) is 5.92 Å². The molecule has 0 unspecified atom stereocenters. The maximum absolute atomic E-state index is 13.2. The van der Waals surface area contributed by atoms with Crippen LogP contribution in [0.2, 0.25) is 0 Å². The first kappa shape index (κ1) is 23.9. The van der Waals surface area contributed by atoms with Crippen LogP contribution in [0.15, 0.2) is 72.8 Å². The summed E-state index contributed by atoms with van der Waals surface area (Å²) < 4.78 is 25.9. The summed E-state index contributed by atoms with van der Waals surface area (Å²) >= 11 is 0. The van der Waals surface area contributed by atoms with Gasteiger partial charge in [-0.1, -0.05) is 26.0 Å². The second-order valence-corrected chi connectivity index (χ2v) is 8.47. The quantitative estimate of drug-likeness (QED) is 0.339. The third kappa shape index (κ3) is 6.23. The Morgan fingerprint density at radius 2 is 1.69 bits per heavy atom. The van der Waals surface area contributed by atoms with Gasteiger partial charge >= 0.3 is 6.01 Å². The van der Waals surface area contributed by atoms with Gasteiger partial charge in [0.15, 0.2) is 5.82 Å². The molecule has 3 aromatic carbocycles. The lowest BCUT2D eigenvalue weighted by atomic mass is 10.1. The standard InChI is InChI=1S/C27H27FN4O3/c1-18(2)16-25(33)29-22-10-12-23(13-11-22)32-26(20-6-14-24(34-3)15-7-20)30-27(31-32)35-17-19-4-8-21(28)9-5-19/h4-15,18H,16-17H2,1-3H3,(H,29,33). The van der Waals surface area contributed by atoms with Gasteiger partial charge in [-0.05, 0) is 72.1 Å². The zero-order chi connectivity index (χ0) is 24.8. The lowest BCUT2D eigenvalue weighted by Gasteiger charge is -2.09. The van der Waals surface area contributed by atoms with Gasteiger partial charge in [-0.3, -0.25) is 4.79 Å². The van der Waals surface area contributed by atoms with E-state index in [4.69, 9.17) is 9.47 Å². The number of hydrogen-bond acceptors (Lipinski definition) is 5. The van der Waals surface area contributed by atoms with E-state index in [1.54, 1.807) is 23.9 Å². The Morgan fingerprint density at radius 1 is 1.00 bits per heavy atom. The molecule has 0 aliphatic carbocycles. The van der Waals surface area contributed by atoms with Crippen LogP contribution in [0.3, 0.4) is 0 Å². The number of carbonyl (C=O) groups excluding carboxylic acids is 1. The highest BCUT2D eigenvalue weighted by molar-refractivity contribution is 5.90. The molecule has 0 fully saturated rings. The minimum absolute atomic E-state index is 0.0242. The molecular formula is C27H27FN4O3. The second-order valence-electron chi connectivity index (χ2n) is 8.47. The number of anilines is 1. The number of hydrogen-bond donors (Lipinski definition) is 1. The predicted molar refractivity (Wildman–Crippen MR) is 132 cm³/mol. The third-order valence-electron chi connectivity index (χ3n) is 5.21. The van der Waals surface area contributed by atoms with Crippen molar-refractivity contribution in [1.82, 2.24) is 14.8 Å². The van der Waals surface area contributed by atoms with Crippen LogP contribution < -0.4 is 14.8 Å². The van der Waals surface area contributed by atoms with E-state index in [9.17, 15) is 9.18 Å². The molecular weight excluding hydrogens is 447 g/mol. The van der Waals surface area contributed by atoms with Crippen molar-refractivity contribution in [2.75, 3.05) is 12.4 Å². The van der Waals surface area contributed by atoms with Crippen LogP contribution in [-0.2, 0) is 11.4 Å². The fourth-order valence-corrected chi connectivity index (χ4v) is 3.46. The minimum atomic E-state index is -0.304. The van der Waals surface area contributed by atoms with E-state index < -0.39 is 0 Å². The average Bonchev–Trinajstić information content (AvgIpc) is 3.28. The monoisotopic (exact) mass is 474 g/mol. The topological polar surface area (TPSA) is 78.3 Å². The number of nitrogens with one attached hydrogen (secondary N) is 1. The van der Waals surface area contributed by atoms with Crippen LogP contribution in [-0.4, -0.2) is 27.8 Å². The number of carbonyl (C=O) groups is 1. The Hall–Kier alpha value is -4.20. The molecule has 0 aliphatic rings. The number of halogens is 1. The highest BCUT2D eigenvalue weighted by Crippen LogP contribution is 2.26. The number of rotatable bonds is 9. The molecule has 0 spiro atoms. The summed E-state index contributed by atoms with van der Waals surface area (Å²) in [6.07, 6.45) is 0.460. The van der Waals surface area contributed by atoms with Crippen molar-refractivity contribution in [2.45, 2.75) is 26.9 Å². The minimum Gasteiger partial charge on any atom is -0.497 e. The molecule has 1 heterocycles. The molecule has 1 aromatic heterocycles. The Balaban J connectivity index is 1.60. The predicted octanol–water partition coefficient (Wildman–Crippen LogP) is 5.65. The summed E-state index contributed by atoms with van der Waals surface area (Å²) in [4.78, 5) is 16.7. The number of methoxy groups -OCH3 is 1. The number of aromatic nitrogens is 3. The molecule has 4 rings (SSSR count). The van der Waals surface area contributed by atoms with Gasteiger partial charge in [-0.15, -0.1) is 5.10 Å². The van der Waals surface area contributed by atoms with Gasteiger partial charge in [0, 0.05) is 17.7 Å². The Morgan fingerprint density at radius 3 is 2.31 bits per heavy atom. The van der Waals surface area contributed by atoms with Crippen molar-refractivity contribution in [1.29, 1.82) is 0 Å². The van der Waals surface area contributed by atoms with Crippen molar-refractivity contribution >= 4 is 11.6 Å². The van der Waals surface area contributed by atoms with E-state index in [2.05, 4.69) is 15.4 Å². The second kappa shape index (κ2) is 10.8. The van der Waals surface area contributed by atoms with E-state index >= 15 is 0 Å². The molecule has 180 valence electrons. The van der Waals surface area contributed by atoms with Crippen molar-refractivity contribution in [3.63, 3.8) is 0 Å². The molecule has 1 amide bonds. The number of ether oxygens (including phenoxy) is 2. The fourth-order valence-electron chi connectivity index (χ4n) is 3.46. The number of benzene rings is 3. The fraction of sp³-hybridized carbons (Fsp3) is 0.222. The molecule has 0 radical (unpaired) electrons. The van der Waals surface area contributed by atoms with Crippen LogP contribution in [0.4, 0.5) is 10.1 Å². The normalized spacial score (nSPS) is 10.9. The first-order chi connectivity index (χ1) is 16.9. The summed E-state index contributed by atoms with van der Waals surface area (Å²) in [5.41, 5.74) is 3.08. The first-order valence-electron chi connectivity index (χ1n) is 11.3. The Labute approximate surface area is 203 Å². The maximum Gasteiger partial charge on any atom is 0.336 e. The molecule has 0 aliphatic heterocycles. The van der Waals surface area contributed by atoms with Crippen LogP contribution in [0.5, 0.6) is 11.8 Å². The smallest absolute Gasteiger partial charge is 0.336 e. The van der Waals surface area contributed by atoms with E-state index in [-0.39, 0.29) is 30.3 Å². The summed E-state index contributed by atoms with van der Waals surface area (Å²) in [5.74, 6) is 1.27. The van der Waals surface area contributed by atoms with E-state index in [0.717, 1.165) is 22.6 Å². The van der Waals surface area contributed by atoms with E-state index in [0.29, 0.717) is 17.9 Å². The zero-order valence-corrected chi connectivity index (χ0v) is 19.9. The summed E-state index contributed by atoms with van der Waals surface area (Å²) in [6, 6.07) is 21.1. The summed E-state index contributed by atoms with van der Waals surface area (Å²) in [7, 11) is 1.61. The van der Waals surface area contributed by atoms with Crippen molar-refractivity contribution in [3.05, 3.63) is 84.2 Å². The molecule has 35 heavy (non-hydrogen) atoms. The van der Waals surface area contributed by atoms with Gasteiger partial charge in [0.05, 0.1) is 12.8 Å². The van der Waals surface area contributed by atoms with Crippen LogP contribution in [0.25, 0.3) is 17.1 Å². The Kier molecular flexibility index (Phi) is 7.40. The van der Waals surface area contributed by atoms with Gasteiger partial charge in [-0.2, -0.15) is 4.98 Å². The Bertz CT molecular complexity index is 1270. The van der Waals surface area contributed by atoms with E-state index in [1.807, 2.05) is 62.4 Å². The van der Waals surface area contributed by atoms with Crippen LogP contribution in [0.1, 0.15) is 25.8 Å². The molecule has 0 bridgehead atoms. The lowest BCUT2D eigenvalue weighted by molar-refractivity contribution is -0.116. The number of nitrogens with zero attached hydrogens (tertiary/aromatic N) is 3. The third-order valence-corrected chi connectivity index (χ3v) is 5.21. The molecule has 0 saturated heterocycles. The molecule has 4 aromatic rings. The van der Waals surface area contributed by atoms with Gasteiger partial charge in [0.2, 0.25) is 5.91 Å². The molecule has 1 N–H and O–H groups in total. The summed E-state index contributed by atoms with van der Waals surface area (Å²) in [6.45, 7) is 4.21. The first-order valence-corrected chi connectivity index (χ1v) is 11.3. The molecule has 8 heteroatoms. The average molecular weight is 475 g/mol. The van der Waals surface area contributed by atoms with E-state index in [1.165, 1.54) is 12.1 Å². The largest absolute Gasteiger partial charge is 0.497 e. The molecule has 7 nitrogen and oxygen atoms in total.